The zero-order valence-corrected chi connectivity index (χ0v) is 13.8. The lowest BCUT2D eigenvalue weighted by Crippen LogP contribution is -2.45. The molecule has 1 aromatic rings. The second kappa shape index (κ2) is 6.46. The Morgan fingerprint density at radius 1 is 1.60 bits per heavy atom. The number of hydrogen-bond acceptors (Lipinski definition) is 2. The lowest BCUT2D eigenvalue weighted by Gasteiger charge is -2.35. The standard InChI is InChI=1S/C15H19BrClNO2/c1-10-3-2-6-15(20,8-10)9-18-14(19)12-7-11(16)4-5-13(12)17/h4-5,7,10,20H,2-3,6,8-9H2,1H3,(H,18,19). The van der Waals surface area contributed by atoms with Crippen molar-refractivity contribution in [3.8, 4) is 0 Å². The Balaban J connectivity index is 1.99. The molecular formula is C15H19BrClNO2. The van der Waals surface area contributed by atoms with Crippen LogP contribution < -0.4 is 5.32 Å². The third-order valence-corrected chi connectivity index (χ3v) is 4.64. The monoisotopic (exact) mass is 359 g/mol. The van der Waals surface area contributed by atoms with Crippen molar-refractivity contribution in [1.29, 1.82) is 0 Å². The quantitative estimate of drug-likeness (QED) is 0.862. The minimum atomic E-state index is -0.786. The average Bonchev–Trinajstić information content (AvgIpc) is 2.39. The first-order valence-corrected chi connectivity index (χ1v) is 8.02. The minimum Gasteiger partial charge on any atom is -0.388 e. The molecule has 2 N–H and O–H groups in total. The molecule has 2 atom stereocenters. The van der Waals surface area contributed by atoms with Gasteiger partial charge in [0.2, 0.25) is 0 Å². The van der Waals surface area contributed by atoms with Crippen LogP contribution in [0, 0.1) is 5.92 Å². The number of carbonyl (C=O) groups excluding carboxylic acids is 1. The van der Waals surface area contributed by atoms with E-state index in [4.69, 9.17) is 11.6 Å². The fraction of sp³-hybridized carbons (Fsp3) is 0.533. The van der Waals surface area contributed by atoms with Gasteiger partial charge in [-0.15, -0.1) is 0 Å². The number of halogens is 2. The van der Waals surface area contributed by atoms with E-state index in [2.05, 4.69) is 28.2 Å². The molecule has 1 aromatic carbocycles. The molecular weight excluding hydrogens is 342 g/mol. The molecule has 1 amide bonds. The first-order valence-electron chi connectivity index (χ1n) is 6.85. The maximum absolute atomic E-state index is 12.2. The molecule has 1 aliphatic rings. The number of rotatable bonds is 3. The van der Waals surface area contributed by atoms with E-state index in [1.54, 1.807) is 18.2 Å². The van der Waals surface area contributed by atoms with Crippen LogP contribution in [0.2, 0.25) is 5.02 Å². The highest BCUT2D eigenvalue weighted by atomic mass is 79.9. The summed E-state index contributed by atoms with van der Waals surface area (Å²) < 4.78 is 0.803. The van der Waals surface area contributed by atoms with Gasteiger partial charge in [-0.1, -0.05) is 47.3 Å². The third-order valence-electron chi connectivity index (χ3n) is 3.82. The van der Waals surface area contributed by atoms with Crippen molar-refractivity contribution in [2.75, 3.05) is 6.54 Å². The highest BCUT2D eigenvalue weighted by Gasteiger charge is 2.33. The summed E-state index contributed by atoms with van der Waals surface area (Å²) in [7, 11) is 0. The van der Waals surface area contributed by atoms with E-state index in [0.717, 1.165) is 30.2 Å². The van der Waals surface area contributed by atoms with Crippen LogP contribution >= 0.6 is 27.5 Å². The van der Waals surface area contributed by atoms with E-state index >= 15 is 0 Å². The van der Waals surface area contributed by atoms with E-state index in [1.165, 1.54) is 0 Å². The summed E-state index contributed by atoms with van der Waals surface area (Å²) in [6, 6.07) is 5.15. The summed E-state index contributed by atoms with van der Waals surface area (Å²) >= 11 is 9.35. The Morgan fingerprint density at radius 2 is 2.35 bits per heavy atom. The van der Waals surface area contributed by atoms with Gasteiger partial charge in [-0.2, -0.15) is 0 Å². The van der Waals surface area contributed by atoms with Crippen molar-refractivity contribution < 1.29 is 9.90 Å². The summed E-state index contributed by atoms with van der Waals surface area (Å²) in [5.41, 5.74) is -0.361. The second-order valence-electron chi connectivity index (χ2n) is 5.73. The molecule has 0 radical (unpaired) electrons. The lowest BCUT2D eigenvalue weighted by atomic mass is 9.79. The average molecular weight is 361 g/mol. The molecule has 110 valence electrons. The van der Waals surface area contributed by atoms with Gasteiger partial charge in [0.15, 0.2) is 0 Å². The molecule has 3 nitrogen and oxygen atoms in total. The number of benzene rings is 1. The number of hydrogen-bond donors (Lipinski definition) is 2. The van der Waals surface area contributed by atoms with Gasteiger partial charge in [-0.05, 0) is 37.0 Å². The van der Waals surface area contributed by atoms with Crippen molar-refractivity contribution in [2.45, 2.75) is 38.2 Å². The highest BCUT2D eigenvalue weighted by Crippen LogP contribution is 2.31. The summed E-state index contributed by atoms with van der Waals surface area (Å²) in [4.78, 5) is 12.2. The molecule has 0 saturated heterocycles. The molecule has 1 aliphatic carbocycles. The molecule has 0 aromatic heterocycles. The first kappa shape index (κ1) is 15.8. The fourth-order valence-electron chi connectivity index (χ4n) is 2.80. The predicted octanol–water partition coefficient (Wildman–Crippen LogP) is 3.77. The van der Waals surface area contributed by atoms with Gasteiger partial charge in [-0.3, -0.25) is 4.79 Å². The molecule has 1 saturated carbocycles. The Bertz CT molecular complexity index is 509. The number of carbonyl (C=O) groups is 1. The van der Waals surface area contributed by atoms with E-state index in [1.807, 2.05) is 0 Å². The molecule has 0 aliphatic heterocycles. The van der Waals surface area contributed by atoms with Crippen LogP contribution in [0.4, 0.5) is 0 Å². The van der Waals surface area contributed by atoms with Gasteiger partial charge < -0.3 is 10.4 Å². The number of nitrogens with one attached hydrogen (secondary N) is 1. The Labute approximate surface area is 132 Å². The third kappa shape index (κ3) is 3.96. The van der Waals surface area contributed by atoms with Gasteiger partial charge in [0.1, 0.15) is 0 Å². The Hall–Kier alpha value is -0.580. The molecule has 2 rings (SSSR count). The summed E-state index contributed by atoms with van der Waals surface area (Å²) in [6.07, 6.45) is 3.63. The second-order valence-corrected chi connectivity index (χ2v) is 7.06. The molecule has 2 unspecified atom stereocenters. The van der Waals surface area contributed by atoms with Crippen LogP contribution in [0.1, 0.15) is 43.0 Å². The zero-order chi connectivity index (χ0) is 14.8. The molecule has 1 fully saturated rings. The van der Waals surface area contributed by atoms with Gasteiger partial charge in [0, 0.05) is 11.0 Å². The summed E-state index contributed by atoms with van der Waals surface area (Å²) in [6.45, 7) is 2.41. The van der Waals surface area contributed by atoms with Gasteiger partial charge in [0.25, 0.3) is 5.91 Å². The Morgan fingerprint density at radius 3 is 3.05 bits per heavy atom. The van der Waals surface area contributed by atoms with Crippen LogP contribution in [-0.2, 0) is 0 Å². The Kier molecular flexibility index (Phi) is 5.10. The lowest BCUT2D eigenvalue weighted by molar-refractivity contribution is -0.0109. The molecule has 20 heavy (non-hydrogen) atoms. The maximum atomic E-state index is 12.2. The predicted molar refractivity (Wildman–Crippen MR) is 84.1 cm³/mol. The number of aliphatic hydroxyl groups is 1. The van der Waals surface area contributed by atoms with Crippen LogP contribution in [0.15, 0.2) is 22.7 Å². The fourth-order valence-corrected chi connectivity index (χ4v) is 3.37. The van der Waals surface area contributed by atoms with E-state index in [0.29, 0.717) is 16.5 Å². The number of amides is 1. The van der Waals surface area contributed by atoms with Crippen molar-refractivity contribution in [2.24, 2.45) is 5.92 Å². The summed E-state index contributed by atoms with van der Waals surface area (Å²) in [5.74, 6) is 0.253. The topological polar surface area (TPSA) is 49.3 Å². The SMILES string of the molecule is CC1CCCC(O)(CNC(=O)c2cc(Br)ccc2Cl)C1. The van der Waals surface area contributed by atoms with Crippen LogP contribution in [-0.4, -0.2) is 23.2 Å². The largest absolute Gasteiger partial charge is 0.388 e. The van der Waals surface area contributed by atoms with E-state index < -0.39 is 5.60 Å². The van der Waals surface area contributed by atoms with E-state index in [9.17, 15) is 9.90 Å². The van der Waals surface area contributed by atoms with Crippen molar-refractivity contribution >= 4 is 33.4 Å². The maximum Gasteiger partial charge on any atom is 0.252 e. The van der Waals surface area contributed by atoms with Gasteiger partial charge in [0.05, 0.1) is 16.2 Å². The minimum absolute atomic E-state index is 0.247. The molecule has 5 heteroatoms. The molecule has 0 spiro atoms. The van der Waals surface area contributed by atoms with Gasteiger partial charge in [-0.25, -0.2) is 0 Å². The smallest absolute Gasteiger partial charge is 0.252 e. The van der Waals surface area contributed by atoms with Crippen LogP contribution in [0.3, 0.4) is 0 Å². The van der Waals surface area contributed by atoms with Crippen LogP contribution in [0.5, 0.6) is 0 Å². The highest BCUT2D eigenvalue weighted by molar-refractivity contribution is 9.10. The molecule has 0 heterocycles. The van der Waals surface area contributed by atoms with Crippen molar-refractivity contribution in [1.82, 2.24) is 5.32 Å². The first-order chi connectivity index (χ1) is 9.39. The molecule has 0 bridgehead atoms. The zero-order valence-electron chi connectivity index (χ0n) is 11.5. The van der Waals surface area contributed by atoms with Crippen LogP contribution in [0.25, 0.3) is 0 Å². The van der Waals surface area contributed by atoms with Gasteiger partial charge >= 0.3 is 0 Å². The normalized spacial score (nSPS) is 26.3. The van der Waals surface area contributed by atoms with Crippen molar-refractivity contribution in [3.63, 3.8) is 0 Å². The van der Waals surface area contributed by atoms with E-state index in [-0.39, 0.29) is 12.5 Å². The summed E-state index contributed by atoms with van der Waals surface area (Å²) in [5, 5.41) is 13.7. The van der Waals surface area contributed by atoms with Crippen molar-refractivity contribution in [3.05, 3.63) is 33.3 Å².